The molecular formula is C16H17F3N6. The summed E-state index contributed by atoms with van der Waals surface area (Å²) in [5.74, 6) is 0.634. The number of fused-ring (bicyclic) bond motifs is 1. The summed E-state index contributed by atoms with van der Waals surface area (Å²) >= 11 is 0. The van der Waals surface area contributed by atoms with E-state index in [-0.39, 0.29) is 5.95 Å². The minimum Gasteiger partial charge on any atom is -0.368 e. The number of anilines is 3. The maximum atomic E-state index is 12.7. The van der Waals surface area contributed by atoms with Crippen LogP contribution in [0.3, 0.4) is 0 Å². The molecule has 0 spiro atoms. The van der Waals surface area contributed by atoms with Crippen LogP contribution in [0, 0.1) is 0 Å². The van der Waals surface area contributed by atoms with Crippen molar-refractivity contribution in [3.05, 3.63) is 36.0 Å². The predicted octanol–water partition coefficient (Wildman–Crippen LogP) is 3.97. The highest BCUT2D eigenvalue weighted by molar-refractivity contribution is 5.76. The van der Waals surface area contributed by atoms with E-state index >= 15 is 0 Å². The quantitative estimate of drug-likeness (QED) is 0.728. The first-order chi connectivity index (χ1) is 11.9. The van der Waals surface area contributed by atoms with Crippen molar-refractivity contribution in [2.75, 3.05) is 11.1 Å². The van der Waals surface area contributed by atoms with Gasteiger partial charge < -0.3 is 11.1 Å². The first-order valence-electron chi connectivity index (χ1n) is 7.81. The SMILES string of the molecule is CCCCn1c(Nc2ccc(C(F)(F)F)cc2)nc2cnc(N)nc21. The third-order valence-corrected chi connectivity index (χ3v) is 3.71. The van der Waals surface area contributed by atoms with Crippen molar-refractivity contribution < 1.29 is 13.2 Å². The lowest BCUT2D eigenvalue weighted by molar-refractivity contribution is -0.137. The molecule has 2 aromatic heterocycles. The number of alkyl halides is 3. The summed E-state index contributed by atoms with van der Waals surface area (Å²) in [6.45, 7) is 2.72. The first-order valence-corrected chi connectivity index (χ1v) is 7.81. The predicted molar refractivity (Wildman–Crippen MR) is 89.4 cm³/mol. The van der Waals surface area contributed by atoms with Crippen LogP contribution in [-0.2, 0) is 12.7 Å². The van der Waals surface area contributed by atoms with Crippen molar-refractivity contribution in [1.82, 2.24) is 19.5 Å². The Morgan fingerprint density at radius 3 is 2.52 bits per heavy atom. The van der Waals surface area contributed by atoms with Gasteiger partial charge in [0.1, 0.15) is 5.52 Å². The van der Waals surface area contributed by atoms with Crippen LogP contribution in [0.1, 0.15) is 25.3 Å². The molecule has 0 amide bonds. The first kappa shape index (κ1) is 17.0. The molecule has 0 bridgehead atoms. The lowest BCUT2D eigenvalue weighted by Crippen LogP contribution is -2.07. The van der Waals surface area contributed by atoms with Crippen LogP contribution in [0.5, 0.6) is 0 Å². The molecule has 6 nitrogen and oxygen atoms in total. The zero-order valence-corrected chi connectivity index (χ0v) is 13.5. The molecule has 3 rings (SSSR count). The van der Waals surface area contributed by atoms with E-state index in [0.717, 1.165) is 25.0 Å². The third kappa shape index (κ3) is 3.65. The van der Waals surface area contributed by atoms with E-state index in [0.29, 0.717) is 29.3 Å². The van der Waals surface area contributed by atoms with Gasteiger partial charge in [-0.3, -0.25) is 4.57 Å². The Bertz CT molecular complexity index is 870. The van der Waals surface area contributed by atoms with Gasteiger partial charge in [-0.15, -0.1) is 0 Å². The Hall–Kier alpha value is -2.84. The summed E-state index contributed by atoms with van der Waals surface area (Å²) in [5, 5.41) is 3.04. The average Bonchev–Trinajstić information content (AvgIpc) is 2.89. The zero-order valence-electron chi connectivity index (χ0n) is 13.5. The van der Waals surface area contributed by atoms with Crippen LogP contribution in [-0.4, -0.2) is 19.5 Å². The van der Waals surface area contributed by atoms with Gasteiger partial charge in [-0.05, 0) is 30.7 Å². The van der Waals surface area contributed by atoms with Gasteiger partial charge in [0.25, 0.3) is 0 Å². The topological polar surface area (TPSA) is 81.7 Å². The van der Waals surface area contributed by atoms with Gasteiger partial charge in [0.05, 0.1) is 11.8 Å². The number of nitrogen functional groups attached to an aromatic ring is 1. The van der Waals surface area contributed by atoms with Crippen LogP contribution in [0.15, 0.2) is 30.5 Å². The van der Waals surface area contributed by atoms with Crippen molar-refractivity contribution in [3.8, 4) is 0 Å². The van der Waals surface area contributed by atoms with Gasteiger partial charge in [0.2, 0.25) is 11.9 Å². The van der Waals surface area contributed by atoms with Gasteiger partial charge >= 0.3 is 6.18 Å². The highest BCUT2D eigenvalue weighted by Gasteiger charge is 2.30. The number of nitrogens with one attached hydrogen (secondary N) is 1. The molecule has 0 aliphatic heterocycles. The molecular weight excluding hydrogens is 333 g/mol. The van der Waals surface area contributed by atoms with Crippen molar-refractivity contribution >= 4 is 28.7 Å². The van der Waals surface area contributed by atoms with E-state index in [9.17, 15) is 13.2 Å². The van der Waals surface area contributed by atoms with Crippen molar-refractivity contribution in [1.29, 1.82) is 0 Å². The average molecular weight is 350 g/mol. The smallest absolute Gasteiger partial charge is 0.368 e. The number of nitrogens with zero attached hydrogens (tertiary/aromatic N) is 4. The maximum absolute atomic E-state index is 12.7. The van der Waals surface area contributed by atoms with E-state index < -0.39 is 11.7 Å². The largest absolute Gasteiger partial charge is 0.416 e. The molecule has 2 heterocycles. The lowest BCUT2D eigenvalue weighted by atomic mass is 10.2. The van der Waals surface area contributed by atoms with Gasteiger partial charge in [0, 0.05) is 12.2 Å². The lowest BCUT2D eigenvalue weighted by Gasteiger charge is -2.11. The van der Waals surface area contributed by atoms with Crippen molar-refractivity contribution in [3.63, 3.8) is 0 Å². The standard InChI is InChI=1S/C16H17F3N6/c1-2-3-8-25-13-12(9-21-14(20)24-13)23-15(25)22-11-6-4-10(5-7-11)16(17,18)19/h4-7,9H,2-3,8H2,1H3,(H,22,23)(H2,20,21,24). The molecule has 0 saturated carbocycles. The second kappa shape index (κ2) is 6.58. The molecule has 0 radical (unpaired) electrons. The summed E-state index contributed by atoms with van der Waals surface area (Å²) in [5.41, 5.74) is 6.62. The van der Waals surface area contributed by atoms with E-state index in [4.69, 9.17) is 5.73 Å². The molecule has 3 aromatic rings. The highest BCUT2D eigenvalue weighted by atomic mass is 19.4. The van der Waals surface area contributed by atoms with Crippen LogP contribution < -0.4 is 11.1 Å². The Morgan fingerprint density at radius 1 is 1.16 bits per heavy atom. The van der Waals surface area contributed by atoms with Crippen LogP contribution in [0.25, 0.3) is 11.2 Å². The van der Waals surface area contributed by atoms with Crippen LogP contribution in [0.4, 0.5) is 30.8 Å². The molecule has 25 heavy (non-hydrogen) atoms. The van der Waals surface area contributed by atoms with Gasteiger partial charge in [-0.25, -0.2) is 9.97 Å². The number of halogens is 3. The summed E-state index contributed by atoms with van der Waals surface area (Å²) in [6, 6.07) is 4.79. The monoisotopic (exact) mass is 350 g/mol. The number of aromatic nitrogens is 4. The van der Waals surface area contributed by atoms with E-state index in [1.165, 1.54) is 18.3 Å². The Balaban J connectivity index is 1.94. The Labute approximate surface area is 141 Å². The molecule has 0 atom stereocenters. The highest BCUT2D eigenvalue weighted by Crippen LogP contribution is 2.30. The number of rotatable bonds is 5. The van der Waals surface area contributed by atoms with Crippen molar-refractivity contribution in [2.24, 2.45) is 0 Å². The van der Waals surface area contributed by atoms with Crippen LogP contribution in [0.2, 0.25) is 0 Å². The number of nitrogens with two attached hydrogens (primary N) is 1. The zero-order chi connectivity index (χ0) is 18.0. The fourth-order valence-corrected chi connectivity index (χ4v) is 2.43. The number of hydrogen-bond donors (Lipinski definition) is 2. The number of imidazole rings is 1. The number of hydrogen-bond acceptors (Lipinski definition) is 5. The molecule has 0 fully saturated rings. The van der Waals surface area contributed by atoms with E-state index in [1.807, 2.05) is 4.57 Å². The molecule has 132 valence electrons. The van der Waals surface area contributed by atoms with Gasteiger partial charge in [-0.2, -0.15) is 18.2 Å². The molecule has 9 heteroatoms. The van der Waals surface area contributed by atoms with Crippen molar-refractivity contribution in [2.45, 2.75) is 32.5 Å². The summed E-state index contributed by atoms with van der Waals surface area (Å²) in [7, 11) is 0. The minimum atomic E-state index is -4.36. The number of benzene rings is 1. The third-order valence-electron chi connectivity index (χ3n) is 3.71. The Morgan fingerprint density at radius 2 is 1.88 bits per heavy atom. The summed E-state index contributed by atoms with van der Waals surface area (Å²) in [6.07, 6.45) is -0.963. The molecule has 0 aliphatic rings. The summed E-state index contributed by atoms with van der Waals surface area (Å²) < 4.78 is 39.8. The molecule has 0 saturated heterocycles. The number of aryl methyl sites for hydroxylation is 1. The second-order valence-corrected chi connectivity index (χ2v) is 5.58. The second-order valence-electron chi connectivity index (χ2n) is 5.58. The van der Waals surface area contributed by atoms with Gasteiger partial charge in [0.15, 0.2) is 5.65 Å². The molecule has 0 aliphatic carbocycles. The molecule has 0 unspecified atom stereocenters. The fourth-order valence-electron chi connectivity index (χ4n) is 2.43. The normalized spacial score (nSPS) is 11.8. The van der Waals surface area contributed by atoms with E-state index in [1.54, 1.807) is 0 Å². The molecule has 1 aromatic carbocycles. The fraction of sp³-hybridized carbons (Fsp3) is 0.312. The minimum absolute atomic E-state index is 0.145. The van der Waals surface area contributed by atoms with Crippen LogP contribution >= 0.6 is 0 Å². The molecule has 3 N–H and O–H groups in total. The number of unbranched alkanes of at least 4 members (excludes halogenated alkanes) is 1. The van der Waals surface area contributed by atoms with Gasteiger partial charge in [-0.1, -0.05) is 13.3 Å². The summed E-state index contributed by atoms with van der Waals surface area (Å²) in [4.78, 5) is 12.6. The maximum Gasteiger partial charge on any atom is 0.416 e. The Kier molecular flexibility index (Phi) is 4.47. The van der Waals surface area contributed by atoms with E-state index in [2.05, 4.69) is 27.2 Å².